The Morgan fingerprint density at radius 1 is 1.04 bits per heavy atom. The number of likely N-dealkylation sites (tertiary alicyclic amines) is 1. The van der Waals surface area contributed by atoms with Crippen LogP contribution in [-0.4, -0.2) is 48.4 Å². The molecule has 150 valence electrons. The fourth-order valence-corrected chi connectivity index (χ4v) is 8.89. The van der Waals surface area contributed by atoms with Crippen molar-refractivity contribution in [1.82, 2.24) is 4.90 Å². The van der Waals surface area contributed by atoms with Gasteiger partial charge in [0.25, 0.3) is 8.32 Å². The van der Waals surface area contributed by atoms with E-state index in [9.17, 15) is 15.0 Å². The molecule has 2 aromatic carbocycles. The summed E-state index contributed by atoms with van der Waals surface area (Å²) in [6, 6.07) is 20.2. The average Bonchev–Trinajstić information content (AvgIpc) is 3.04. The second kappa shape index (κ2) is 8.07. The molecule has 1 aliphatic heterocycles. The van der Waals surface area contributed by atoms with Gasteiger partial charge in [-0.2, -0.15) is 0 Å². The second-order valence-corrected chi connectivity index (χ2v) is 12.7. The normalized spacial score (nSPS) is 20.4. The first kappa shape index (κ1) is 20.6. The highest BCUT2D eigenvalue weighted by molar-refractivity contribution is 6.99. The molecule has 0 saturated carbocycles. The van der Waals surface area contributed by atoms with Gasteiger partial charge < -0.3 is 14.6 Å². The second-order valence-electron chi connectivity index (χ2n) is 8.38. The van der Waals surface area contributed by atoms with Crippen molar-refractivity contribution in [3.8, 4) is 0 Å². The van der Waals surface area contributed by atoms with E-state index in [1.54, 1.807) is 0 Å². The maximum atomic E-state index is 11.6. The van der Waals surface area contributed by atoms with Crippen LogP contribution in [0.4, 0.5) is 4.79 Å². The quantitative estimate of drug-likeness (QED) is 0.759. The Bertz CT molecular complexity index is 752. The predicted molar refractivity (Wildman–Crippen MR) is 112 cm³/mol. The van der Waals surface area contributed by atoms with Crippen molar-refractivity contribution in [1.29, 1.82) is 0 Å². The molecule has 28 heavy (non-hydrogen) atoms. The summed E-state index contributed by atoms with van der Waals surface area (Å²) in [5.74, 6) is 0. The van der Waals surface area contributed by atoms with Gasteiger partial charge in [-0.15, -0.1) is 0 Å². The number of nitrogens with zero attached hydrogens (tertiary/aromatic N) is 1. The lowest BCUT2D eigenvalue weighted by Crippen LogP contribution is -2.67. The van der Waals surface area contributed by atoms with Gasteiger partial charge in [0.15, 0.2) is 0 Å². The monoisotopic (exact) mass is 399 g/mol. The van der Waals surface area contributed by atoms with E-state index in [1.165, 1.54) is 0 Å². The summed E-state index contributed by atoms with van der Waals surface area (Å²) in [7, 11) is -2.70. The molecule has 2 unspecified atom stereocenters. The first-order chi connectivity index (χ1) is 13.3. The summed E-state index contributed by atoms with van der Waals surface area (Å²) in [5.41, 5.74) is 0. The maximum absolute atomic E-state index is 11.6. The van der Waals surface area contributed by atoms with E-state index in [2.05, 4.69) is 45.0 Å². The van der Waals surface area contributed by atoms with Crippen molar-refractivity contribution in [2.75, 3.05) is 6.61 Å². The molecule has 6 heteroatoms. The first-order valence-electron chi connectivity index (χ1n) is 9.71. The van der Waals surface area contributed by atoms with E-state index in [1.807, 2.05) is 36.4 Å². The lowest BCUT2D eigenvalue weighted by atomic mass is 10.2. The van der Waals surface area contributed by atoms with Crippen LogP contribution in [0.3, 0.4) is 0 Å². The average molecular weight is 400 g/mol. The van der Waals surface area contributed by atoms with Crippen molar-refractivity contribution < 1.29 is 19.4 Å². The van der Waals surface area contributed by atoms with Crippen LogP contribution in [0.5, 0.6) is 0 Å². The summed E-state index contributed by atoms with van der Waals surface area (Å²) >= 11 is 0. The molecule has 1 saturated heterocycles. The maximum Gasteiger partial charge on any atom is 0.409 e. The molecule has 0 bridgehead atoms. The van der Waals surface area contributed by atoms with E-state index in [4.69, 9.17) is 4.43 Å². The lowest BCUT2D eigenvalue weighted by Gasteiger charge is -2.44. The molecule has 1 fully saturated rings. The van der Waals surface area contributed by atoms with E-state index in [0.717, 1.165) is 15.3 Å². The Kier molecular flexibility index (Phi) is 5.93. The molecular weight excluding hydrogens is 370 g/mol. The van der Waals surface area contributed by atoms with Crippen molar-refractivity contribution in [3.63, 3.8) is 0 Å². The van der Waals surface area contributed by atoms with Gasteiger partial charge in [0.05, 0.1) is 12.6 Å². The number of hydrogen-bond acceptors (Lipinski definition) is 3. The molecule has 0 aromatic heterocycles. The van der Waals surface area contributed by atoms with Gasteiger partial charge in [-0.25, -0.2) is 4.79 Å². The molecule has 0 radical (unpaired) electrons. The zero-order chi connectivity index (χ0) is 20.4. The van der Waals surface area contributed by atoms with Gasteiger partial charge in [-0.3, -0.25) is 4.90 Å². The molecular formula is C22H29NO4Si. The molecule has 2 N–H and O–H groups in total. The SMILES string of the molecule is CC(C)(C)[Si](OCC1CCC(O)N1C(=O)O)(c1ccccc1)c1ccccc1. The van der Waals surface area contributed by atoms with Gasteiger partial charge in [0.2, 0.25) is 0 Å². The smallest absolute Gasteiger partial charge is 0.409 e. The molecule has 5 nitrogen and oxygen atoms in total. The summed E-state index contributed by atoms with van der Waals surface area (Å²) in [6.07, 6.45) is -1.00. The van der Waals surface area contributed by atoms with E-state index >= 15 is 0 Å². The van der Waals surface area contributed by atoms with Crippen molar-refractivity contribution in [2.24, 2.45) is 0 Å². The number of carboxylic acid groups (broad SMARTS) is 1. The molecule has 0 spiro atoms. The first-order valence-corrected chi connectivity index (χ1v) is 11.6. The largest absolute Gasteiger partial charge is 0.465 e. The molecule has 1 heterocycles. The number of aliphatic hydroxyl groups is 1. The zero-order valence-electron chi connectivity index (χ0n) is 16.7. The number of rotatable bonds is 5. The third-order valence-corrected chi connectivity index (χ3v) is 10.6. The molecule has 1 amide bonds. The van der Waals surface area contributed by atoms with Gasteiger partial charge in [-0.1, -0.05) is 81.4 Å². The van der Waals surface area contributed by atoms with Gasteiger partial charge >= 0.3 is 6.09 Å². The van der Waals surface area contributed by atoms with Crippen molar-refractivity contribution in [3.05, 3.63) is 60.7 Å². The summed E-state index contributed by atoms with van der Waals surface area (Å²) < 4.78 is 6.80. The molecule has 0 aliphatic carbocycles. The third-order valence-electron chi connectivity index (χ3n) is 5.60. The lowest BCUT2D eigenvalue weighted by molar-refractivity contribution is 0.0149. The highest BCUT2D eigenvalue weighted by Gasteiger charge is 2.51. The summed E-state index contributed by atoms with van der Waals surface area (Å²) in [5, 5.41) is 21.7. The minimum Gasteiger partial charge on any atom is -0.465 e. The molecule has 2 aromatic rings. The molecule has 1 aliphatic rings. The number of benzene rings is 2. The molecule has 3 rings (SSSR count). The molecule has 2 atom stereocenters. The van der Waals surface area contributed by atoms with Gasteiger partial charge in [0, 0.05) is 0 Å². The third kappa shape index (κ3) is 3.72. The number of amides is 1. The Hall–Kier alpha value is -2.15. The van der Waals surface area contributed by atoms with Crippen molar-refractivity contribution in [2.45, 2.75) is 50.9 Å². The Balaban J connectivity index is 2.03. The van der Waals surface area contributed by atoms with Crippen LogP contribution in [0.25, 0.3) is 0 Å². The fraction of sp³-hybridized carbons (Fsp3) is 0.409. The number of aliphatic hydroxyl groups excluding tert-OH is 1. The number of carbonyl (C=O) groups is 1. The zero-order valence-corrected chi connectivity index (χ0v) is 17.7. The minimum absolute atomic E-state index is 0.166. The van der Waals surface area contributed by atoms with E-state index in [-0.39, 0.29) is 17.7 Å². The van der Waals surface area contributed by atoms with Crippen LogP contribution in [0.1, 0.15) is 33.6 Å². The number of hydrogen-bond donors (Lipinski definition) is 2. The van der Waals surface area contributed by atoms with Crippen LogP contribution in [0, 0.1) is 0 Å². The van der Waals surface area contributed by atoms with Crippen LogP contribution in [0.2, 0.25) is 5.04 Å². The summed E-state index contributed by atoms with van der Waals surface area (Å²) in [6.45, 7) is 6.85. The summed E-state index contributed by atoms with van der Waals surface area (Å²) in [4.78, 5) is 12.7. The van der Waals surface area contributed by atoms with E-state index in [0.29, 0.717) is 12.8 Å². The fourth-order valence-electron chi connectivity index (χ4n) is 4.29. The van der Waals surface area contributed by atoms with Crippen LogP contribution in [0.15, 0.2) is 60.7 Å². The standard InChI is InChI=1S/C22H29NO4Si/c1-22(2,3)28(18-10-6-4-7-11-18,19-12-8-5-9-13-19)27-16-17-14-15-20(24)23(17)21(25)26/h4-13,17,20,24H,14-16H2,1-3H3,(H,25,26). The van der Waals surface area contributed by atoms with Crippen LogP contribution < -0.4 is 10.4 Å². The van der Waals surface area contributed by atoms with Crippen LogP contribution in [-0.2, 0) is 4.43 Å². The topological polar surface area (TPSA) is 70.0 Å². The predicted octanol–water partition coefficient (Wildman–Crippen LogP) is 3.02. The Morgan fingerprint density at radius 2 is 1.54 bits per heavy atom. The Labute approximate surface area is 167 Å². The highest BCUT2D eigenvalue weighted by Crippen LogP contribution is 2.37. The van der Waals surface area contributed by atoms with Gasteiger partial charge in [0.1, 0.15) is 6.23 Å². The van der Waals surface area contributed by atoms with Crippen LogP contribution >= 0.6 is 0 Å². The highest BCUT2D eigenvalue weighted by atomic mass is 28.4. The van der Waals surface area contributed by atoms with Gasteiger partial charge in [-0.05, 0) is 28.3 Å². The van der Waals surface area contributed by atoms with E-state index < -0.39 is 20.6 Å². The van der Waals surface area contributed by atoms with Crippen molar-refractivity contribution >= 4 is 24.8 Å². The minimum atomic E-state index is -2.70. The Morgan fingerprint density at radius 3 is 1.96 bits per heavy atom.